The van der Waals surface area contributed by atoms with Crippen LogP contribution in [0.15, 0.2) is 48.5 Å². The molecule has 1 aliphatic heterocycles. The number of carbonyl (C=O) groups excluding carboxylic acids is 3. The lowest BCUT2D eigenvalue weighted by molar-refractivity contribution is -0.122. The summed E-state index contributed by atoms with van der Waals surface area (Å²) in [4.78, 5) is 38.4. The topological polar surface area (TPSA) is 84.9 Å². The fourth-order valence-electron chi connectivity index (χ4n) is 3.12. The molecule has 0 spiro atoms. The van der Waals surface area contributed by atoms with Gasteiger partial charge in [-0.15, -0.1) is 0 Å². The number of ether oxygens (including phenoxy) is 2. The molecule has 1 aliphatic rings. The van der Waals surface area contributed by atoms with Crippen LogP contribution in [0.5, 0.6) is 5.75 Å². The maximum Gasteiger partial charge on any atom is 0.338 e. The van der Waals surface area contributed by atoms with Crippen LogP contribution in [0, 0.1) is 5.92 Å². The van der Waals surface area contributed by atoms with E-state index in [2.05, 4.69) is 5.32 Å². The van der Waals surface area contributed by atoms with Crippen molar-refractivity contribution in [3.8, 4) is 5.75 Å². The van der Waals surface area contributed by atoms with Crippen LogP contribution >= 0.6 is 0 Å². The predicted octanol–water partition coefficient (Wildman–Crippen LogP) is 3.25. The fourth-order valence-corrected chi connectivity index (χ4v) is 3.12. The summed E-state index contributed by atoms with van der Waals surface area (Å²) < 4.78 is 10.3. The van der Waals surface area contributed by atoms with Crippen LogP contribution in [0.4, 0.5) is 11.4 Å². The van der Waals surface area contributed by atoms with Crippen LogP contribution in [0.1, 0.15) is 30.1 Å². The Kier molecular flexibility index (Phi) is 6.49. The van der Waals surface area contributed by atoms with Crippen molar-refractivity contribution in [3.05, 3.63) is 54.1 Å². The molecule has 0 aliphatic carbocycles. The average Bonchev–Trinajstić information content (AvgIpc) is 3.14. The van der Waals surface area contributed by atoms with Gasteiger partial charge in [0.2, 0.25) is 11.8 Å². The molecule has 2 aromatic carbocycles. The van der Waals surface area contributed by atoms with Crippen molar-refractivity contribution in [2.45, 2.75) is 19.8 Å². The lowest BCUT2D eigenvalue weighted by Gasteiger charge is -2.17. The number of carbonyl (C=O) groups is 3. The van der Waals surface area contributed by atoms with E-state index in [4.69, 9.17) is 9.47 Å². The Morgan fingerprint density at radius 2 is 1.93 bits per heavy atom. The monoisotopic (exact) mass is 396 g/mol. The number of hydrogen-bond acceptors (Lipinski definition) is 5. The van der Waals surface area contributed by atoms with Crippen molar-refractivity contribution in [1.29, 1.82) is 0 Å². The summed E-state index contributed by atoms with van der Waals surface area (Å²) in [6.45, 7) is 2.60. The van der Waals surface area contributed by atoms with E-state index in [1.54, 1.807) is 48.4 Å². The average molecular weight is 396 g/mol. The Morgan fingerprint density at radius 3 is 2.62 bits per heavy atom. The number of hydrogen-bond donors (Lipinski definition) is 1. The van der Waals surface area contributed by atoms with Crippen LogP contribution in [-0.2, 0) is 14.3 Å². The van der Waals surface area contributed by atoms with Crippen molar-refractivity contribution >= 4 is 29.2 Å². The molecular weight excluding hydrogens is 372 g/mol. The van der Waals surface area contributed by atoms with Gasteiger partial charge < -0.3 is 19.7 Å². The van der Waals surface area contributed by atoms with E-state index >= 15 is 0 Å². The van der Waals surface area contributed by atoms with Crippen LogP contribution in [0.25, 0.3) is 0 Å². The van der Waals surface area contributed by atoms with E-state index in [0.717, 1.165) is 6.42 Å². The van der Waals surface area contributed by atoms with Gasteiger partial charge in [0, 0.05) is 30.4 Å². The second-order valence-corrected chi connectivity index (χ2v) is 6.81. The van der Waals surface area contributed by atoms with Gasteiger partial charge >= 0.3 is 5.97 Å². The second-order valence-electron chi connectivity index (χ2n) is 6.81. The molecule has 1 N–H and O–H groups in total. The third kappa shape index (κ3) is 4.93. The van der Waals surface area contributed by atoms with Crippen LogP contribution in [0.2, 0.25) is 0 Å². The lowest BCUT2D eigenvalue weighted by Crippen LogP contribution is -2.28. The number of amides is 2. The molecule has 1 fully saturated rings. The number of nitrogens with one attached hydrogen (secondary N) is 1. The number of benzene rings is 2. The van der Waals surface area contributed by atoms with E-state index < -0.39 is 5.92 Å². The first kappa shape index (κ1) is 20.4. The van der Waals surface area contributed by atoms with Gasteiger partial charge in [-0.3, -0.25) is 9.59 Å². The minimum absolute atomic E-state index is 0.104. The number of methoxy groups -OCH3 is 1. The minimum Gasteiger partial charge on any atom is -0.497 e. The molecule has 2 aromatic rings. The highest BCUT2D eigenvalue weighted by Gasteiger charge is 2.35. The highest BCUT2D eigenvalue weighted by Crippen LogP contribution is 2.28. The van der Waals surface area contributed by atoms with Crippen molar-refractivity contribution in [2.75, 3.05) is 30.5 Å². The Hall–Kier alpha value is -3.35. The normalized spacial score (nSPS) is 15.9. The van der Waals surface area contributed by atoms with Gasteiger partial charge in [-0.2, -0.15) is 0 Å². The van der Waals surface area contributed by atoms with Crippen LogP contribution < -0.4 is 15.0 Å². The number of anilines is 2. The molecule has 0 aromatic heterocycles. The molecular formula is C22H24N2O5. The number of esters is 1. The molecule has 1 atom stereocenters. The van der Waals surface area contributed by atoms with E-state index in [0.29, 0.717) is 35.8 Å². The van der Waals surface area contributed by atoms with Gasteiger partial charge in [0.15, 0.2) is 0 Å². The van der Waals surface area contributed by atoms with E-state index in [9.17, 15) is 14.4 Å². The maximum absolute atomic E-state index is 12.6. The van der Waals surface area contributed by atoms with E-state index in [1.807, 2.05) is 19.1 Å². The van der Waals surface area contributed by atoms with Gasteiger partial charge in [-0.25, -0.2) is 4.79 Å². The molecule has 29 heavy (non-hydrogen) atoms. The lowest BCUT2D eigenvalue weighted by atomic mass is 10.1. The summed E-state index contributed by atoms with van der Waals surface area (Å²) >= 11 is 0. The zero-order valence-corrected chi connectivity index (χ0v) is 16.5. The van der Waals surface area contributed by atoms with Crippen molar-refractivity contribution in [3.63, 3.8) is 0 Å². The molecule has 0 radical (unpaired) electrons. The molecule has 1 saturated heterocycles. The quantitative estimate of drug-likeness (QED) is 0.726. The molecule has 0 saturated carbocycles. The highest BCUT2D eigenvalue weighted by molar-refractivity contribution is 6.03. The van der Waals surface area contributed by atoms with E-state index in [1.165, 1.54) is 0 Å². The third-order valence-corrected chi connectivity index (χ3v) is 4.69. The van der Waals surface area contributed by atoms with Gasteiger partial charge in [0.05, 0.1) is 25.2 Å². The van der Waals surface area contributed by atoms with Crippen LogP contribution in [-0.4, -0.2) is 38.0 Å². The molecule has 152 valence electrons. The van der Waals surface area contributed by atoms with Gasteiger partial charge in [-0.05, 0) is 42.8 Å². The Bertz CT molecular complexity index is 894. The summed E-state index contributed by atoms with van der Waals surface area (Å²) in [5, 5.41) is 2.81. The molecule has 0 unspecified atom stereocenters. The van der Waals surface area contributed by atoms with Crippen LogP contribution in [0.3, 0.4) is 0 Å². The first-order valence-corrected chi connectivity index (χ1v) is 9.54. The molecule has 7 heteroatoms. The summed E-state index contributed by atoms with van der Waals surface area (Å²) in [5.41, 5.74) is 1.70. The van der Waals surface area contributed by atoms with Crippen molar-refractivity contribution in [1.82, 2.24) is 0 Å². The summed E-state index contributed by atoms with van der Waals surface area (Å²) in [5.74, 6) is -0.527. The predicted molar refractivity (Wildman–Crippen MR) is 109 cm³/mol. The number of nitrogens with zero attached hydrogens (tertiary/aromatic N) is 1. The second kappa shape index (κ2) is 9.23. The van der Waals surface area contributed by atoms with Gasteiger partial charge in [0.1, 0.15) is 5.75 Å². The minimum atomic E-state index is -0.456. The van der Waals surface area contributed by atoms with Crippen molar-refractivity contribution in [2.24, 2.45) is 5.92 Å². The first-order valence-electron chi connectivity index (χ1n) is 9.54. The van der Waals surface area contributed by atoms with Gasteiger partial charge in [0.25, 0.3) is 0 Å². The highest BCUT2D eigenvalue weighted by atomic mass is 16.5. The molecule has 1 heterocycles. The number of rotatable bonds is 7. The molecule has 3 rings (SSSR count). The molecule has 0 bridgehead atoms. The van der Waals surface area contributed by atoms with E-state index in [-0.39, 0.29) is 24.2 Å². The maximum atomic E-state index is 12.6. The zero-order chi connectivity index (χ0) is 20.8. The summed E-state index contributed by atoms with van der Waals surface area (Å²) in [6, 6.07) is 13.7. The SMILES string of the molecule is CCCOC(=O)c1ccc(NC(=O)[C@H]2CC(=O)N(c3cccc(OC)c3)C2)cc1. The fraction of sp³-hybridized carbons (Fsp3) is 0.318. The Balaban J connectivity index is 1.61. The third-order valence-electron chi connectivity index (χ3n) is 4.69. The van der Waals surface area contributed by atoms with Gasteiger partial charge in [-0.1, -0.05) is 13.0 Å². The largest absolute Gasteiger partial charge is 0.497 e. The smallest absolute Gasteiger partial charge is 0.338 e. The summed E-state index contributed by atoms with van der Waals surface area (Å²) in [7, 11) is 1.57. The molecule has 2 amide bonds. The zero-order valence-electron chi connectivity index (χ0n) is 16.5. The Morgan fingerprint density at radius 1 is 1.17 bits per heavy atom. The first-order chi connectivity index (χ1) is 14.0. The Labute approximate surface area is 169 Å². The van der Waals surface area contributed by atoms with Crippen molar-refractivity contribution < 1.29 is 23.9 Å². The molecule has 7 nitrogen and oxygen atoms in total. The summed E-state index contributed by atoms with van der Waals surface area (Å²) in [6.07, 6.45) is 0.900. The standard InChI is InChI=1S/C22H24N2O5/c1-3-11-29-22(27)15-7-9-17(10-8-15)23-21(26)16-12-20(25)24(14-16)18-5-4-6-19(13-18)28-2/h4-10,13,16H,3,11-12,14H2,1-2H3,(H,23,26)/t16-/m0/s1.